The zero-order chi connectivity index (χ0) is 10.7. The summed E-state index contributed by atoms with van der Waals surface area (Å²) >= 11 is 3.56. The Morgan fingerprint density at radius 1 is 0.867 bits per heavy atom. The van der Waals surface area contributed by atoms with Crippen LogP contribution in [0.4, 0.5) is 0 Å². The summed E-state index contributed by atoms with van der Waals surface area (Å²) < 4.78 is 1.11. The van der Waals surface area contributed by atoms with Crippen LogP contribution in [-0.2, 0) is 0 Å². The van der Waals surface area contributed by atoms with Gasteiger partial charge < -0.3 is 0 Å². The fraction of sp³-hybridized carbons (Fsp3) is 0. The molecule has 0 unspecified atom stereocenters. The fourth-order valence-corrected chi connectivity index (χ4v) is 2.10. The van der Waals surface area contributed by atoms with E-state index in [4.69, 9.17) is 0 Å². The first-order chi connectivity index (χ1) is 7.33. The molecule has 0 aliphatic carbocycles. The van der Waals surface area contributed by atoms with Crippen molar-refractivity contribution in [2.75, 3.05) is 0 Å². The maximum atomic E-state index is 3.83. The van der Waals surface area contributed by atoms with Gasteiger partial charge >= 0.3 is 0 Å². The van der Waals surface area contributed by atoms with E-state index in [2.05, 4.69) is 46.8 Å². The molecule has 0 spiro atoms. The zero-order valence-corrected chi connectivity index (χ0v) is 9.87. The highest BCUT2D eigenvalue weighted by Gasteiger charge is 2.04. The molecule has 2 aromatic rings. The first-order valence-electron chi connectivity index (χ1n) is 4.79. The van der Waals surface area contributed by atoms with Crippen LogP contribution in [0.15, 0.2) is 59.6 Å². The maximum Gasteiger partial charge on any atom is 0.0253 e. The van der Waals surface area contributed by atoms with Gasteiger partial charge in [0.05, 0.1) is 0 Å². The van der Waals surface area contributed by atoms with Gasteiger partial charge in [-0.05, 0) is 22.8 Å². The van der Waals surface area contributed by atoms with Crippen LogP contribution >= 0.6 is 15.9 Å². The van der Waals surface area contributed by atoms with Crippen LogP contribution in [0.1, 0.15) is 5.56 Å². The molecule has 0 nitrogen and oxygen atoms in total. The standard InChI is InChI=1S/C14H11Br/c1-2-11-7-3-4-8-12(11)13-9-5-6-10-14(13)15/h2-10H,1H2. The molecule has 0 saturated heterocycles. The van der Waals surface area contributed by atoms with Gasteiger partial charge in [0, 0.05) is 4.47 Å². The summed E-state index contributed by atoms with van der Waals surface area (Å²) in [6, 6.07) is 16.5. The lowest BCUT2D eigenvalue weighted by molar-refractivity contribution is 1.56. The van der Waals surface area contributed by atoms with Crippen LogP contribution in [0.25, 0.3) is 17.2 Å². The van der Waals surface area contributed by atoms with Gasteiger partial charge in [-0.25, -0.2) is 0 Å². The topological polar surface area (TPSA) is 0 Å². The molecule has 0 amide bonds. The second-order valence-corrected chi connectivity index (χ2v) is 4.13. The van der Waals surface area contributed by atoms with Crippen LogP contribution < -0.4 is 0 Å². The lowest BCUT2D eigenvalue weighted by Gasteiger charge is -2.07. The lowest BCUT2D eigenvalue weighted by atomic mass is 10.00. The normalized spacial score (nSPS) is 9.93. The zero-order valence-electron chi connectivity index (χ0n) is 8.28. The Bertz CT molecular complexity index is 486. The molecule has 15 heavy (non-hydrogen) atoms. The first-order valence-corrected chi connectivity index (χ1v) is 5.58. The van der Waals surface area contributed by atoms with Gasteiger partial charge in [0.1, 0.15) is 0 Å². The molecule has 74 valence electrons. The third kappa shape index (κ3) is 2.02. The Labute approximate surface area is 98.4 Å². The van der Waals surface area contributed by atoms with Gasteiger partial charge in [-0.3, -0.25) is 0 Å². The lowest BCUT2D eigenvalue weighted by Crippen LogP contribution is -1.83. The molecule has 0 radical (unpaired) electrons. The predicted octanol–water partition coefficient (Wildman–Crippen LogP) is 4.76. The summed E-state index contributed by atoms with van der Waals surface area (Å²) in [6.45, 7) is 3.83. The van der Waals surface area contributed by atoms with Gasteiger partial charge in [-0.1, -0.05) is 71.0 Å². The summed E-state index contributed by atoms with van der Waals surface area (Å²) in [6.07, 6.45) is 1.88. The van der Waals surface area contributed by atoms with Crippen LogP contribution in [-0.4, -0.2) is 0 Å². The van der Waals surface area contributed by atoms with E-state index in [0.717, 1.165) is 10.0 Å². The molecule has 0 saturated carbocycles. The molecule has 0 aromatic heterocycles. The molecule has 0 N–H and O–H groups in total. The number of benzene rings is 2. The molecule has 0 atom stereocenters. The first kappa shape index (κ1) is 10.2. The minimum atomic E-state index is 1.11. The van der Waals surface area contributed by atoms with Crippen molar-refractivity contribution in [1.29, 1.82) is 0 Å². The molecule has 0 aliphatic heterocycles. The van der Waals surface area contributed by atoms with Crippen molar-refractivity contribution in [2.24, 2.45) is 0 Å². The van der Waals surface area contributed by atoms with Crippen LogP contribution in [0.2, 0.25) is 0 Å². The van der Waals surface area contributed by atoms with Crippen molar-refractivity contribution >= 4 is 22.0 Å². The molecule has 0 heterocycles. The Balaban J connectivity index is 2.64. The van der Waals surface area contributed by atoms with E-state index in [1.165, 1.54) is 11.1 Å². The summed E-state index contributed by atoms with van der Waals surface area (Å²) in [5.74, 6) is 0. The number of hydrogen-bond acceptors (Lipinski definition) is 0. The van der Waals surface area contributed by atoms with Gasteiger partial charge in [0.25, 0.3) is 0 Å². The van der Waals surface area contributed by atoms with Crippen LogP contribution in [0.5, 0.6) is 0 Å². The SMILES string of the molecule is C=Cc1ccccc1-c1ccccc1Br. The van der Waals surface area contributed by atoms with E-state index in [9.17, 15) is 0 Å². The average Bonchev–Trinajstić information content (AvgIpc) is 2.30. The van der Waals surface area contributed by atoms with Gasteiger partial charge in [-0.15, -0.1) is 0 Å². The Morgan fingerprint density at radius 2 is 1.47 bits per heavy atom. The van der Waals surface area contributed by atoms with E-state index in [1.807, 2.05) is 30.3 Å². The highest BCUT2D eigenvalue weighted by molar-refractivity contribution is 9.10. The summed E-state index contributed by atoms with van der Waals surface area (Å²) in [5.41, 5.74) is 3.57. The number of hydrogen-bond donors (Lipinski definition) is 0. The monoisotopic (exact) mass is 258 g/mol. The van der Waals surface area contributed by atoms with Gasteiger partial charge in [0.15, 0.2) is 0 Å². The van der Waals surface area contributed by atoms with Crippen molar-refractivity contribution in [3.8, 4) is 11.1 Å². The molecule has 0 fully saturated rings. The van der Waals surface area contributed by atoms with Gasteiger partial charge in [-0.2, -0.15) is 0 Å². The quantitative estimate of drug-likeness (QED) is 0.729. The van der Waals surface area contributed by atoms with Crippen molar-refractivity contribution in [3.05, 3.63) is 65.1 Å². The highest BCUT2D eigenvalue weighted by Crippen LogP contribution is 2.30. The Morgan fingerprint density at radius 3 is 2.13 bits per heavy atom. The highest BCUT2D eigenvalue weighted by atomic mass is 79.9. The van der Waals surface area contributed by atoms with E-state index >= 15 is 0 Å². The third-order valence-electron chi connectivity index (χ3n) is 2.34. The second-order valence-electron chi connectivity index (χ2n) is 3.27. The summed E-state index contributed by atoms with van der Waals surface area (Å²) in [4.78, 5) is 0. The smallest absolute Gasteiger partial charge is 0.0253 e. The van der Waals surface area contributed by atoms with E-state index in [1.54, 1.807) is 0 Å². The summed E-state index contributed by atoms with van der Waals surface area (Å²) in [5, 5.41) is 0. The molecule has 0 bridgehead atoms. The Hall–Kier alpha value is -1.34. The van der Waals surface area contributed by atoms with Crippen LogP contribution in [0, 0.1) is 0 Å². The number of halogens is 1. The fourth-order valence-electron chi connectivity index (χ4n) is 1.60. The van der Waals surface area contributed by atoms with Crippen molar-refractivity contribution < 1.29 is 0 Å². The molecular formula is C14H11Br. The minimum absolute atomic E-state index is 1.11. The molecule has 1 heteroatoms. The Kier molecular flexibility index (Phi) is 3.02. The van der Waals surface area contributed by atoms with E-state index in [-0.39, 0.29) is 0 Å². The molecule has 0 aliphatic rings. The van der Waals surface area contributed by atoms with E-state index < -0.39 is 0 Å². The van der Waals surface area contributed by atoms with Gasteiger partial charge in [0.2, 0.25) is 0 Å². The van der Waals surface area contributed by atoms with Crippen molar-refractivity contribution in [3.63, 3.8) is 0 Å². The van der Waals surface area contributed by atoms with Crippen molar-refractivity contribution in [1.82, 2.24) is 0 Å². The van der Waals surface area contributed by atoms with Crippen molar-refractivity contribution in [2.45, 2.75) is 0 Å². The van der Waals surface area contributed by atoms with E-state index in [0.29, 0.717) is 0 Å². The third-order valence-corrected chi connectivity index (χ3v) is 3.04. The largest absolute Gasteiger partial charge is 0.0984 e. The predicted molar refractivity (Wildman–Crippen MR) is 69.7 cm³/mol. The maximum absolute atomic E-state index is 3.83. The second kappa shape index (κ2) is 4.45. The molecule has 2 aromatic carbocycles. The average molecular weight is 259 g/mol. The minimum Gasteiger partial charge on any atom is -0.0984 e. The molecule has 2 rings (SSSR count). The molecular weight excluding hydrogens is 248 g/mol. The number of rotatable bonds is 2. The summed E-state index contributed by atoms with van der Waals surface area (Å²) in [7, 11) is 0. The van der Waals surface area contributed by atoms with Crippen LogP contribution in [0.3, 0.4) is 0 Å².